The molecule has 0 aliphatic carbocycles. The molecule has 2 heterocycles. The Morgan fingerprint density at radius 1 is 1.50 bits per heavy atom. The number of H-pyrrole nitrogens is 1. The summed E-state index contributed by atoms with van der Waals surface area (Å²) in [6.45, 7) is 1.79. The molecule has 5 nitrogen and oxygen atoms in total. The summed E-state index contributed by atoms with van der Waals surface area (Å²) in [5.41, 5.74) is 1.35. The van der Waals surface area contributed by atoms with E-state index in [1.54, 1.807) is 30.9 Å². The van der Waals surface area contributed by atoms with Crippen molar-refractivity contribution in [1.82, 2.24) is 19.7 Å². The van der Waals surface area contributed by atoms with Gasteiger partial charge in [0.05, 0.1) is 0 Å². The van der Waals surface area contributed by atoms with E-state index in [0.717, 1.165) is 5.69 Å². The van der Waals surface area contributed by atoms with Crippen molar-refractivity contribution in [2.75, 3.05) is 0 Å². The standard InChI is InChI=1S/C9H10N4O/c1-6-5-8(14)12-9(11-6)7-3-4-10-13(7)2/h3-5H,1-2H3,(H,11,12,14). The van der Waals surface area contributed by atoms with Crippen LogP contribution in [0.4, 0.5) is 0 Å². The highest BCUT2D eigenvalue weighted by Gasteiger charge is 2.05. The molecule has 0 bridgehead atoms. The van der Waals surface area contributed by atoms with E-state index in [0.29, 0.717) is 11.5 Å². The summed E-state index contributed by atoms with van der Waals surface area (Å²) >= 11 is 0. The quantitative estimate of drug-likeness (QED) is 0.711. The second-order valence-electron chi connectivity index (χ2n) is 3.08. The lowest BCUT2D eigenvalue weighted by Crippen LogP contribution is -2.10. The first-order valence-electron chi connectivity index (χ1n) is 4.23. The zero-order valence-corrected chi connectivity index (χ0v) is 7.98. The fraction of sp³-hybridized carbons (Fsp3) is 0.222. The van der Waals surface area contributed by atoms with E-state index >= 15 is 0 Å². The summed E-state index contributed by atoms with van der Waals surface area (Å²) < 4.78 is 1.66. The van der Waals surface area contributed by atoms with E-state index in [1.807, 2.05) is 0 Å². The molecule has 0 aromatic carbocycles. The number of aryl methyl sites for hydroxylation is 2. The molecule has 0 spiro atoms. The molecule has 5 heteroatoms. The number of aromatic nitrogens is 4. The molecule has 14 heavy (non-hydrogen) atoms. The fourth-order valence-corrected chi connectivity index (χ4v) is 1.31. The van der Waals surface area contributed by atoms with Gasteiger partial charge < -0.3 is 4.98 Å². The molecule has 0 aliphatic rings. The molecule has 2 aromatic rings. The highest BCUT2D eigenvalue weighted by Crippen LogP contribution is 2.10. The zero-order chi connectivity index (χ0) is 10.1. The third-order valence-corrected chi connectivity index (χ3v) is 1.93. The second-order valence-corrected chi connectivity index (χ2v) is 3.08. The van der Waals surface area contributed by atoms with Gasteiger partial charge in [0, 0.05) is 25.0 Å². The van der Waals surface area contributed by atoms with Crippen molar-refractivity contribution in [2.45, 2.75) is 6.92 Å². The number of nitrogens with one attached hydrogen (secondary N) is 1. The lowest BCUT2D eigenvalue weighted by atomic mass is 10.3. The van der Waals surface area contributed by atoms with E-state index < -0.39 is 0 Å². The molecule has 0 amide bonds. The minimum Gasteiger partial charge on any atom is -0.305 e. The van der Waals surface area contributed by atoms with Crippen molar-refractivity contribution in [3.05, 3.63) is 34.4 Å². The third-order valence-electron chi connectivity index (χ3n) is 1.93. The van der Waals surface area contributed by atoms with Gasteiger partial charge in [-0.25, -0.2) is 4.98 Å². The summed E-state index contributed by atoms with van der Waals surface area (Å²) in [6.07, 6.45) is 1.66. The molecular formula is C9H10N4O. The molecule has 0 saturated heterocycles. The van der Waals surface area contributed by atoms with Gasteiger partial charge in [-0.2, -0.15) is 5.10 Å². The van der Waals surface area contributed by atoms with E-state index in [1.165, 1.54) is 6.07 Å². The number of hydrogen-bond donors (Lipinski definition) is 1. The molecule has 1 N–H and O–H groups in total. The monoisotopic (exact) mass is 190 g/mol. The van der Waals surface area contributed by atoms with Crippen molar-refractivity contribution in [3.8, 4) is 11.5 Å². The fourth-order valence-electron chi connectivity index (χ4n) is 1.31. The van der Waals surface area contributed by atoms with Crippen molar-refractivity contribution >= 4 is 0 Å². The number of aromatic amines is 1. The van der Waals surface area contributed by atoms with Crippen LogP contribution >= 0.6 is 0 Å². The number of nitrogens with zero attached hydrogens (tertiary/aromatic N) is 3. The zero-order valence-electron chi connectivity index (χ0n) is 7.98. The van der Waals surface area contributed by atoms with Crippen molar-refractivity contribution in [1.29, 1.82) is 0 Å². The van der Waals surface area contributed by atoms with Crippen LogP contribution in [0.25, 0.3) is 11.5 Å². The Kier molecular flexibility index (Phi) is 1.92. The van der Waals surface area contributed by atoms with Crippen LogP contribution in [-0.4, -0.2) is 19.7 Å². The van der Waals surface area contributed by atoms with Crippen LogP contribution in [0.15, 0.2) is 23.1 Å². The van der Waals surface area contributed by atoms with E-state index in [4.69, 9.17) is 0 Å². The van der Waals surface area contributed by atoms with Gasteiger partial charge in [-0.1, -0.05) is 0 Å². The van der Waals surface area contributed by atoms with Gasteiger partial charge >= 0.3 is 0 Å². The van der Waals surface area contributed by atoms with Gasteiger partial charge in [0.25, 0.3) is 5.56 Å². The van der Waals surface area contributed by atoms with Crippen LogP contribution in [0.2, 0.25) is 0 Å². The number of hydrogen-bond acceptors (Lipinski definition) is 3. The number of rotatable bonds is 1. The molecular weight excluding hydrogens is 180 g/mol. The lowest BCUT2D eigenvalue weighted by molar-refractivity contribution is 0.768. The summed E-state index contributed by atoms with van der Waals surface area (Å²) in [5, 5.41) is 4.01. The van der Waals surface area contributed by atoms with Gasteiger partial charge in [0.1, 0.15) is 5.69 Å². The van der Waals surface area contributed by atoms with E-state index in [2.05, 4.69) is 15.1 Å². The van der Waals surface area contributed by atoms with Crippen molar-refractivity contribution in [2.24, 2.45) is 7.05 Å². The van der Waals surface area contributed by atoms with Crippen molar-refractivity contribution in [3.63, 3.8) is 0 Å². The summed E-state index contributed by atoms with van der Waals surface area (Å²) in [4.78, 5) is 18.1. The molecule has 0 unspecified atom stereocenters. The molecule has 0 atom stereocenters. The maximum absolute atomic E-state index is 11.2. The maximum atomic E-state index is 11.2. The largest absolute Gasteiger partial charge is 0.305 e. The Hall–Kier alpha value is -1.91. The van der Waals surface area contributed by atoms with Gasteiger partial charge in [-0.15, -0.1) is 0 Å². The van der Waals surface area contributed by atoms with Crippen LogP contribution in [-0.2, 0) is 7.05 Å². The minimum atomic E-state index is -0.145. The highest BCUT2D eigenvalue weighted by molar-refractivity contribution is 5.48. The average Bonchev–Trinajstić information content (AvgIpc) is 2.49. The normalized spacial score (nSPS) is 10.4. The molecule has 2 rings (SSSR count). The average molecular weight is 190 g/mol. The molecule has 0 saturated carbocycles. The topological polar surface area (TPSA) is 63.6 Å². The van der Waals surface area contributed by atoms with Crippen molar-refractivity contribution < 1.29 is 0 Å². The minimum absolute atomic E-state index is 0.145. The smallest absolute Gasteiger partial charge is 0.251 e. The van der Waals surface area contributed by atoms with Crippen LogP contribution in [0.5, 0.6) is 0 Å². The van der Waals surface area contributed by atoms with E-state index in [9.17, 15) is 4.79 Å². The predicted octanol–water partition coefficient (Wildman–Crippen LogP) is 0.479. The van der Waals surface area contributed by atoms with Crippen LogP contribution in [0.1, 0.15) is 5.69 Å². The highest BCUT2D eigenvalue weighted by atomic mass is 16.1. The Labute approximate surface area is 80.4 Å². The Morgan fingerprint density at radius 3 is 2.86 bits per heavy atom. The van der Waals surface area contributed by atoms with Gasteiger partial charge in [-0.3, -0.25) is 9.48 Å². The third kappa shape index (κ3) is 1.44. The first-order chi connectivity index (χ1) is 6.66. The summed E-state index contributed by atoms with van der Waals surface area (Å²) in [6, 6.07) is 3.26. The molecule has 72 valence electrons. The lowest BCUT2D eigenvalue weighted by Gasteiger charge is -2.01. The molecule has 0 fully saturated rings. The molecule has 2 aromatic heterocycles. The van der Waals surface area contributed by atoms with Gasteiger partial charge in [0.15, 0.2) is 5.82 Å². The first kappa shape index (κ1) is 8.68. The Balaban J connectivity index is 2.63. The van der Waals surface area contributed by atoms with Crippen LogP contribution in [0.3, 0.4) is 0 Å². The van der Waals surface area contributed by atoms with Crippen LogP contribution in [0, 0.1) is 6.92 Å². The molecule has 0 radical (unpaired) electrons. The second kappa shape index (κ2) is 3.10. The van der Waals surface area contributed by atoms with Crippen LogP contribution < -0.4 is 5.56 Å². The molecule has 0 aliphatic heterocycles. The van der Waals surface area contributed by atoms with Gasteiger partial charge in [0.2, 0.25) is 0 Å². The maximum Gasteiger partial charge on any atom is 0.251 e. The van der Waals surface area contributed by atoms with Gasteiger partial charge in [-0.05, 0) is 13.0 Å². The first-order valence-corrected chi connectivity index (χ1v) is 4.23. The predicted molar refractivity (Wildman–Crippen MR) is 51.8 cm³/mol. The van der Waals surface area contributed by atoms with E-state index in [-0.39, 0.29) is 5.56 Å². The SMILES string of the molecule is Cc1cc(=O)[nH]c(-c2ccnn2C)n1. The summed E-state index contributed by atoms with van der Waals surface area (Å²) in [5.74, 6) is 0.551. The Morgan fingerprint density at radius 2 is 2.29 bits per heavy atom. The Bertz CT molecular complexity index is 512. The summed E-state index contributed by atoms with van der Waals surface area (Å²) in [7, 11) is 1.80.